The van der Waals surface area contributed by atoms with E-state index in [1.807, 2.05) is 11.3 Å². The van der Waals surface area contributed by atoms with E-state index in [4.69, 9.17) is 9.72 Å². The molecule has 4 aromatic rings. The van der Waals surface area contributed by atoms with E-state index < -0.39 is 0 Å². The van der Waals surface area contributed by atoms with Gasteiger partial charge in [0.1, 0.15) is 17.9 Å². The third kappa shape index (κ3) is 3.65. The van der Waals surface area contributed by atoms with E-state index in [0.29, 0.717) is 30.1 Å². The van der Waals surface area contributed by atoms with Crippen LogP contribution in [0.4, 0.5) is 4.39 Å². The van der Waals surface area contributed by atoms with Crippen molar-refractivity contribution in [3.8, 4) is 16.9 Å². The van der Waals surface area contributed by atoms with Crippen LogP contribution in [0, 0.1) is 12.7 Å². The maximum atomic E-state index is 14.3. The van der Waals surface area contributed by atoms with Gasteiger partial charge < -0.3 is 4.74 Å². The van der Waals surface area contributed by atoms with Crippen LogP contribution in [0.1, 0.15) is 42.4 Å². The Kier molecular flexibility index (Phi) is 5.48. The Morgan fingerprint density at radius 3 is 2.57 bits per heavy atom. The average Bonchev–Trinajstić information content (AvgIpc) is 3.23. The first-order valence-corrected chi connectivity index (χ1v) is 10.1. The molecule has 0 bridgehead atoms. The topological polar surface area (TPSA) is 52.3 Å². The second-order valence-corrected chi connectivity index (χ2v) is 7.71. The van der Waals surface area contributed by atoms with Crippen LogP contribution in [0.5, 0.6) is 5.75 Å². The van der Waals surface area contributed by atoms with Crippen LogP contribution in [0.25, 0.3) is 16.8 Å². The Morgan fingerprint density at radius 1 is 1.03 bits per heavy atom. The normalized spacial score (nSPS) is 11.4. The molecule has 0 atom stereocenters. The predicted molar refractivity (Wildman–Crippen MR) is 115 cm³/mol. The fourth-order valence-electron chi connectivity index (χ4n) is 3.79. The average molecular weight is 404 g/mol. The number of ether oxygens (including phenoxy) is 1. The van der Waals surface area contributed by atoms with Crippen molar-refractivity contribution in [3.63, 3.8) is 0 Å². The number of methoxy groups -OCH3 is 1. The third-order valence-electron chi connectivity index (χ3n) is 5.46. The fraction of sp³-hybridized carbons (Fsp3) is 0.292. The largest absolute Gasteiger partial charge is 0.496 e. The molecule has 1 aromatic carbocycles. The zero-order valence-corrected chi connectivity index (χ0v) is 17.7. The van der Waals surface area contributed by atoms with Crippen LogP contribution in [-0.2, 0) is 12.8 Å². The highest BCUT2D eigenvalue weighted by atomic mass is 19.1. The SMILES string of the molecule is COc1cccc(F)c1CCc1ccc(-c2ccc(C(C)C)nc2C)c2nncn12. The first-order chi connectivity index (χ1) is 14.5. The summed E-state index contributed by atoms with van der Waals surface area (Å²) in [4.78, 5) is 4.75. The first kappa shape index (κ1) is 20.0. The molecule has 0 N–H and O–H groups in total. The van der Waals surface area contributed by atoms with Crippen molar-refractivity contribution in [2.24, 2.45) is 0 Å². The molecule has 30 heavy (non-hydrogen) atoms. The molecule has 0 amide bonds. The van der Waals surface area contributed by atoms with E-state index in [9.17, 15) is 4.39 Å². The Labute approximate surface area is 175 Å². The van der Waals surface area contributed by atoms with Gasteiger partial charge in [-0.2, -0.15) is 0 Å². The van der Waals surface area contributed by atoms with Crippen LogP contribution in [-0.4, -0.2) is 26.7 Å². The summed E-state index contributed by atoms with van der Waals surface area (Å²) >= 11 is 0. The summed E-state index contributed by atoms with van der Waals surface area (Å²) in [5.74, 6) is 0.695. The number of benzene rings is 1. The maximum Gasteiger partial charge on any atom is 0.168 e. The molecule has 0 saturated heterocycles. The molecule has 6 heteroatoms. The monoisotopic (exact) mass is 404 g/mol. The van der Waals surface area contributed by atoms with Crippen molar-refractivity contribution in [3.05, 3.63) is 77.3 Å². The molecule has 0 spiro atoms. The van der Waals surface area contributed by atoms with Gasteiger partial charge in [-0.3, -0.25) is 9.38 Å². The molecule has 3 aromatic heterocycles. The smallest absolute Gasteiger partial charge is 0.168 e. The number of hydrogen-bond acceptors (Lipinski definition) is 4. The summed E-state index contributed by atoms with van der Waals surface area (Å²) in [5.41, 5.74) is 6.43. The predicted octanol–water partition coefficient (Wildman–Crippen LogP) is 5.16. The number of pyridine rings is 2. The van der Waals surface area contributed by atoms with Gasteiger partial charge in [0, 0.05) is 33.8 Å². The van der Waals surface area contributed by atoms with Crippen molar-refractivity contribution < 1.29 is 9.13 Å². The number of aromatic nitrogens is 4. The molecule has 154 valence electrons. The second-order valence-electron chi connectivity index (χ2n) is 7.71. The molecule has 4 rings (SSSR count). The van der Waals surface area contributed by atoms with Crippen LogP contribution in [0.15, 0.2) is 48.8 Å². The van der Waals surface area contributed by atoms with Gasteiger partial charge in [0.15, 0.2) is 5.65 Å². The van der Waals surface area contributed by atoms with Gasteiger partial charge in [-0.15, -0.1) is 10.2 Å². The van der Waals surface area contributed by atoms with Crippen LogP contribution < -0.4 is 4.74 Å². The van der Waals surface area contributed by atoms with E-state index in [1.54, 1.807) is 25.6 Å². The van der Waals surface area contributed by atoms with Gasteiger partial charge in [0.25, 0.3) is 0 Å². The Hall–Kier alpha value is -3.28. The Morgan fingerprint density at radius 2 is 1.83 bits per heavy atom. The third-order valence-corrected chi connectivity index (χ3v) is 5.46. The maximum absolute atomic E-state index is 14.3. The lowest BCUT2D eigenvalue weighted by atomic mass is 10.0. The van der Waals surface area contributed by atoms with E-state index in [-0.39, 0.29) is 5.82 Å². The highest BCUT2D eigenvalue weighted by Gasteiger charge is 2.15. The molecule has 5 nitrogen and oxygen atoms in total. The quantitative estimate of drug-likeness (QED) is 0.446. The zero-order chi connectivity index (χ0) is 21.3. The summed E-state index contributed by atoms with van der Waals surface area (Å²) in [7, 11) is 1.56. The lowest BCUT2D eigenvalue weighted by Gasteiger charge is -2.13. The molecule has 0 fully saturated rings. The van der Waals surface area contributed by atoms with E-state index >= 15 is 0 Å². The molecular formula is C24H25FN4O. The molecule has 0 aliphatic carbocycles. The number of hydrogen-bond donors (Lipinski definition) is 0. The van der Waals surface area contributed by atoms with E-state index in [2.05, 4.69) is 48.3 Å². The van der Waals surface area contributed by atoms with Gasteiger partial charge >= 0.3 is 0 Å². The molecule has 0 unspecified atom stereocenters. The summed E-state index contributed by atoms with van der Waals surface area (Å²) in [6.07, 6.45) is 2.86. The molecule has 0 aliphatic rings. The van der Waals surface area contributed by atoms with Crippen LogP contribution in [0.3, 0.4) is 0 Å². The van der Waals surface area contributed by atoms with Crippen LogP contribution in [0.2, 0.25) is 0 Å². The van der Waals surface area contributed by atoms with Gasteiger partial charge in [-0.1, -0.05) is 26.0 Å². The number of aryl methyl sites for hydroxylation is 2. The van der Waals surface area contributed by atoms with Gasteiger partial charge in [-0.05, 0) is 56.0 Å². The number of rotatable bonds is 6. The fourth-order valence-corrected chi connectivity index (χ4v) is 3.79. The van der Waals surface area contributed by atoms with E-state index in [0.717, 1.165) is 33.9 Å². The van der Waals surface area contributed by atoms with Crippen molar-refractivity contribution in [2.75, 3.05) is 7.11 Å². The number of fused-ring (bicyclic) bond motifs is 1. The second kappa shape index (κ2) is 8.22. The highest BCUT2D eigenvalue weighted by Crippen LogP contribution is 2.29. The summed E-state index contributed by atoms with van der Waals surface area (Å²) in [6.45, 7) is 6.29. The van der Waals surface area contributed by atoms with Crippen LogP contribution >= 0.6 is 0 Å². The van der Waals surface area contributed by atoms with Crippen molar-refractivity contribution in [2.45, 2.75) is 39.5 Å². The van der Waals surface area contributed by atoms with Crippen molar-refractivity contribution in [1.29, 1.82) is 0 Å². The summed E-state index contributed by atoms with van der Waals surface area (Å²) in [6, 6.07) is 13.2. The van der Waals surface area contributed by atoms with E-state index in [1.165, 1.54) is 6.07 Å². The van der Waals surface area contributed by atoms with Gasteiger partial charge in [0.05, 0.1) is 7.11 Å². The number of nitrogens with zero attached hydrogens (tertiary/aromatic N) is 4. The first-order valence-electron chi connectivity index (χ1n) is 10.1. The minimum absolute atomic E-state index is 0.252. The molecular weight excluding hydrogens is 379 g/mol. The minimum atomic E-state index is -0.252. The van der Waals surface area contributed by atoms with Crippen molar-refractivity contribution >= 4 is 5.65 Å². The molecule has 0 aliphatic heterocycles. The molecule has 0 radical (unpaired) electrons. The molecule has 3 heterocycles. The highest BCUT2D eigenvalue weighted by molar-refractivity contribution is 5.79. The lowest BCUT2D eigenvalue weighted by Crippen LogP contribution is -2.04. The Bertz CT molecular complexity index is 1200. The van der Waals surface area contributed by atoms with Crippen molar-refractivity contribution in [1.82, 2.24) is 19.6 Å². The molecule has 0 saturated carbocycles. The standard InChI is InChI=1S/C24H25FN4O/c1-15(2)22-13-12-18(16(3)27-22)19-10-8-17(29-14-26-28-24(19)29)9-11-20-21(25)6-5-7-23(20)30-4/h5-8,10,12-15H,9,11H2,1-4H3. The Balaban J connectivity index is 1.69. The lowest BCUT2D eigenvalue weighted by molar-refractivity contribution is 0.404. The van der Waals surface area contributed by atoms with Gasteiger partial charge in [-0.25, -0.2) is 4.39 Å². The number of halogens is 1. The summed E-state index contributed by atoms with van der Waals surface area (Å²) < 4.78 is 21.6. The minimum Gasteiger partial charge on any atom is -0.496 e. The zero-order valence-electron chi connectivity index (χ0n) is 17.7. The van der Waals surface area contributed by atoms with Gasteiger partial charge in [0.2, 0.25) is 0 Å². The summed E-state index contributed by atoms with van der Waals surface area (Å²) in [5, 5.41) is 8.47.